The SMILES string of the molecule is CN1CCC[C@]2(CNC(=O)C2)C1. The molecule has 2 heterocycles. The zero-order valence-electron chi connectivity index (χ0n) is 7.60. The van der Waals surface area contributed by atoms with E-state index in [4.69, 9.17) is 0 Å². The minimum absolute atomic E-state index is 0.241. The monoisotopic (exact) mass is 168 g/mol. The van der Waals surface area contributed by atoms with Gasteiger partial charge in [0.05, 0.1) is 0 Å². The van der Waals surface area contributed by atoms with Crippen LogP contribution < -0.4 is 5.32 Å². The van der Waals surface area contributed by atoms with Gasteiger partial charge in [0.15, 0.2) is 0 Å². The van der Waals surface area contributed by atoms with E-state index in [2.05, 4.69) is 17.3 Å². The lowest BCUT2D eigenvalue weighted by atomic mass is 9.79. The Labute approximate surface area is 73.1 Å². The average molecular weight is 168 g/mol. The normalized spacial score (nSPS) is 37.2. The minimum atomic E-state index is 0.241. The molecular weight excluding hydrogens is 152 g/mol. The zero-order chi connectivity index (χ0) is 8.60. The fraction of sp³-hybridized carbons (Fsp3) is 0.889. The van der Waals surface area contributed by atoms with Crippen LogP contribution in [0, 0.1) is 5.41 Å². The Hall–Kier alpha value is -0.570. The van der Waals surface area contributed by atoms with Crippen LogP contribution in [0.15, 0.2) is 0 Å². The Morgan fingerprint density at radius 1 is 1.58 bits per heavy atom. The Kier molecular flexibility index (Phi) is 1.83. The number of hydrogen-bond donors (Lipinski definition) is 1. The van der Waals surface area contributed by atoms with Crippen molar-refractivity contribution in [1.29, 1.82) is 0 Å². The van der Waals surface area contributed by atoms with Crippen LogP contribution in [0.3, 0.4) is 0 Å². The van der Waals surface area contributed by atoms with Crippen LogP contribution in [0.1, 0.15) is 19.3 Å². The highest BCUT2D eigenvalue weighted by Crippen LogP contribution is 2.35. The maximum absolute atomic E-state index is 11.1. The third-order valence-electron chi connectivity index (χ3n) is 3.05. The molecule has 0 aromatic heterocycles. The van der Waals surface area contributed by atoms with Gasteiger partial charge in [-0.15, -0.1) is 0 Å². The topological polar surface area (TPSA) is 32.3 Å². The summed E-state index contributed by atoms with van der Waals surface area (Å²) in [4.78, 5) is 13.4. The van der Waals surface area contributed by atoms with E-state index in [0.717, 1.165) is 19.5 Å². The Morgan fingerprint density at radius 3 is 3.00 bits per heavy atom. The van der Waals surface area contributed by atoms with Gasteiger partial charge in [-0.1, -0.05) is 0 Å². The van der Waals surface area contributed by atoms with E-state index in [-0.39, 0.29) is 11.3 Å². The summed E-state index contributed by atoms with van der Waals surface area (Å²) in [6.45, 7) is 3.18. The molecule has 0 bridgehead atoms. The molecule has 12 heavy (non-hydrogen) atoms. The second-order valence-electron chi connectivity index (χ2n) is 4.29. The highest BCUT2D eigenvalue weighted by molar-refractivity contribution is 5.79. The number of nitrogens with zero attached hydrogens (tertiary/aromatic N) is 1. The number of carbonyl (C=O) groups excluding carboxylic acids is 1. The predicted molar refractivity (Wildman–Crippen MR) is 46.8 cm³/mol. The van der Waals surface area contributed by atoms with E-state index in [1.54, 1.807) is 0 Å². The fourth-order valence-electron chi connectivity index (χ4n) is 2.49. The lowest BCUT2D eigenvalue weighted by molar-refractivity contribution is -0.119. The summed E-state index contributed by atoms with van der Waals surface area (Å²) in [5.74, 6) is 0.241. The molecule has 1 atom stereocenters. The highest BCUT2D eigenvalue weighted by atomic mass is 16.1. The van der Waals surface area contributed by atoms with Gasteiger partial charge in [0.1, 0.15) is 0 Å². The molecule has 2 rings (SSSR count). The van der Waals surface area contributed by atoms with Crippen LogP contribution in [0.5, 0.6) is 0 Å². The van der Waals surface area contributed by atoms with Crippen molar-refractivity contribution >= 4 is 5.91 Å². The average Bonchev–Trinajstić information content (AvgIpc) is 2.32. The third kappa shape index (κ3) is 1.33. The number of rotatable bonds is 0. The quantitative estimate of drug-likeness (QED) is 0.561. The molecule has 0 aliphatic carbocycles. The number of carbonyl (C=O) groups is 1. The summed E-state index contributed by atoms with van der Waals surface area (Å²) in [7, 11) is 2.14. The second-order valence-corrected chi connectivity index (χ2v) is 4.29. The minimum Gasteiger partial charge on any atom is -0.355 e. The van der Waals surface area contributed by atoms with Gasteiger partial charge in [0.25, 0.3) is 0 Å². The molecule has 3 heteroatoms. The number of amides is 1. The molecule has 2 saturated heterocycles. The Bertz CT molecular complexity index is 205. The standard InChI is InChI=1S/C9H16N2O/c1-11-4-2-3-9(7-11)5-8(12)10-6-9/h2-7H2,1H3,(H,10,12)/t9-/m0/s1. The van der Waals surface area contributed by atoms with Gasteiger partial charge in [-0.05, 0) is 26.4 Å². The van der Waals surface area contributed by atoms with Crippen LogP contribution in [-0.4, -0.2) is 37.5 Å². The van der Waals surface area contributed by atoms with Crippen LogP contribution in [0.4, 0.5) is 0 Å². The van der Waals surface area contributed by atoms with Crippen molar-refractivity contribution < 1.29 is 4.79 Å². The first-order valence-electron chi connectivity index (χ1n) is 4.66. The first-order valence-corrected chi connectivity index (χ1v) is 4.66. The van der Waals surface area contributed by atoms with Gasteiger partial charge in [-0.25, -0.2) is 0 Å². The van der Waals surface area contributed by atoms with Crippen molar-refractivity contribution in [3.63, 3.8) is 0 Å². The number of piperidine rings is 1. The third-order valence-corrected chi connectivity index (χ3v) is 3.05. The van der Waals surface area contributed by atoms with Crippen LogP contribution >= 0.6 is 0 Å². The Balaban J connectivity index is 2.05. The molecule has 0 saturated carbocycles. The maximum atomic E-state index is 11.1. The molecule has 1 N–H and O–H groups in total. The molecular formula is C9H16N2O. The molecule has 3 nitrogen and oxygen atoms in total. The number of nitrogens with one attached hydrogen (secondary N) is 1. The summed E-state index contributed by atoms with van der Waals surface area (Å²) < 4.78 is 0. The molecule has 68 valence electrons. The van der Waals surface area contributed by atoms with Gasteiger partial charge in [0, 0.05) is 24.9 Å². The van der Waals surface area contributed by atoms with Crippen molar-refractivity contribution in [2.24, 2.45) is 5.41 Å². The molecule has 2 aliphatic rings. The molecule has 1 amide bonds. The van der Waals surface area contributed by atoms with E-state index in [9.17, 15) is 4.79 Å². The fourth-order valence-corrected chi connectivity index (χ4v) is 2.49. The molecule has 2 fully saturated rings. The van der Waals surface area contributed by atoms with Crippen LogP contribution in [-0.2, 0) is 4.79 Å². The van der Waals surface area contributed by atoms with Gasteiger partial charge in [-0.2, -0.15) is 0 Å². The summed E-state index contributed by atoms with van der Waals surface area (Å²) in [5.41, 5.74) is 0.282. The van der Waals surface area contributed by atoms with Gasteiger partial charge in [-0.3, -0.25) is 4.79 Å². The smallest absolute Gasteiger partial charge is 0.220 e. The summed E-state index contributed by atoms with van der Waals surface area (Å²) in [6.07, 6.45) is 3.21. The molecule has 1 spiro atoms. The van der Waals surface area contributed by atoms with Crippen molar-refractivity contribution in [2.75, 3.05) is 26.7 Å². The van der Waals surface area contributed by atoms with E-state index in [0.29, 0.717) is 0 Å². The van der Waals surface area contributed by atoms with Crippen LogP contribution in [0.25, 0.3) is 0 Å². The maximum Gasteiger partial charge on any atom is 0.220 e. The lowest BCUT2D eigenvalue weighted by Gasteiger charge is -2.37. The highest BCUT2D eigenvalue weighted by Gasteiger charge is 2.40. The Morgan fingerprint density at radius 2 is 2.42 bits per heavy atom. The molecule has 0 aromatic carbocycles. The summed E-state index contributed by atoms with van der Waals surface area (Å²) in [5, 5.41) is 2.94. The lowest BCUT2D eigenvalue weighted by Crippen LogP contribution is -2.42. The number of likely N-dealkylation sites (tertiary alicyclic amines) is 1. The van der Waals surface area contributed by atoms with Gasteiger partial charge >= 0.3 is 0 Å². The first kappa shape index (κ1) is 8.05. The summed E-state index contributed by atoms with van der Waals surface area (Å²) in [6, 6.07) is 0. The summed E-state index contributed by atoms with van der Waals surface area (Å²) >= 11 is 0. The van der Waals surface area contributed by atoms with E-state index < -0.39 is 0 Å². The van der Waals surface area contributed by atoms with Gasteiger partial charge in [0.2, 0.25) is 5.91 Å². The van der Waals surface area contributed by atoms with Crippen molar-refractivity contribution in [3.8, 4) is 0 Å². The van der Waals surface area contributed by atoms with E-state index in [1.807, 2.05) is 0 Å². The van der Waals surface area contributed by atoms with Crippen molar-refractivity contribution in [1.82, 2.24) is 10.2 Å². The second kappa shape index (κ2) is 2.73. The zero-order valence-corrected chi connectivity index (χ0v) is 7.60. The van der Waals surface area contributed by atoms with E-state index in [1.165, 1.54) is 19.4 Å². The predicted octanol–water partition coefficient (Wildman–Crippen LogP) is 0.218. The van der Waals surface area contributed by atoms with Gasteiger partial charge < -0.3 is 10.2 Å². The molecule has 0 radical (unpaired) electrons. The van der Waals surface area contributed by atoms with Crippen LogP contribution in [0.2, 0.25) is 0 Å². The van der Waals surface area contributed by atoms with E-state index >= 15 is 0 Å². The molecule has 0 aromatic rings. The molecule has 2 aliphatic heterocycles. The van der Waals surface area contributed by atoms with Crippen molar-refractivity contribution in [2.45, 2.75) is 19.3 Å². The molecule has 0 unspecified atom stereocenters. The van der Waals surface area contributed by atoms with Crippen molar-refractivity contribution in [3.05, 3.63) is 0 Å². The first-order chi connectivity index (χ1) is 5.70. The largest absolute Gasteiger partial charge is 0.355 e. The number of hydrogen-bond acceptors (Lipinski definition) is 2.